The minimum absolute atomic E-state index is 0.0200. The van der Waals surface area contributed by atoms with Crippen LogP contribution in [0.1, 0.15) is 26.0 Å². The van der Waals surface area contributed by atoms with Crippen LogP contribution in [0.3, 0.4) is 0 Å². The van der Waals surface area contributed by atoms with E-state index in [1.165, 1.54) is 10.7 Å². The Kier molecular flexibility index (Phi) is 2.41. The highest BCUT2D eigenvalue weighted by atomic mass is 16.6. The second-order valence-corrected chi connectivity index (χ2v) is 5.00. The molecule has 0 bridgehead atoms. The molecule has 0 radical (unpaired) electrons. The third-order valence-electron chi connectivity index (χ3n) is 3.51. The monoisotopic (exact) mass is 264 g/mol. The lowest BCUT2D eigenvalue weighted by Crippen LogP contribution is -2.33. The molecule has 1 aliphatic heterocycles. The summed E-state index contributed by atoms with van der Waals surface area (Å²) in [6.07, 6.45) is 2.20. The smallest absolute Gasteiger partial charge is 0.240 e. The van der Waals surface area contributed by atoms with E-state index in [4.69, 9.17) is 16.2 Å². The van der Waals surface area contributed by atoms with Gasteiger partial charge in [0.1, 0.15) is 5.69 Å². The van der Waals surface area contributed by atoms with E-state index in [9.17, 15) is 5.11 Å². The predicted octanol–water partition coefficient (Wildman–Crippen LogP) is -0.121. The van der Waals surface area contributed by atoms with Gasteiger partial charge in [-0.2, -0.15) is 4.98 Å². The normalized spacial score (nSPS) is 31.1. The number of hydrogen-bond donors (Lipinski definition) is 3. The van der Waals surface area contributed by atoms with Crippen LogP contribution in [-0.4, -0.2) is 30.8 Å². The second kappa shape index (κ2) is 3.78. The number of ether oxygens (including phenoxy) is 1. The summed E-state index contributed by atoms with van der Waals surface area (Å²) in [7, 11) is 0. The molecule has 0 amide bonds. The maximum Gasteiger partial charge on any atom is 0.240 e. The average molecular weight is 264 g/mol. The minimum Gasteiger partial charge on any atom is -0.380 e. The molecule has 2 aromatic rings. The van der Waals surface area contributed by atoms with Gasteiger partial charge in [-0.05, 0) is 13.3 Å². The summed E-state index contributed by atoms with van der Waals surface area (Å²) in [5, 5.41) is 14.8. The highest BCUT2D eigenvalue weighted by Crippen LogP contribution is 2.41. The van der Waals surface area contributed by atoms with Gasteiger partial charge < -0.3 is 21.3 Å². The number of rotatable bonds is 1. The van der Waals surface area contributed by atoms with Gasteiger partial charge in [0.15, 0.2) is 11.5 Å². The summed E-state index contributed by atoms with van der Waals surface area (Å²) in [6, 6.07) is 0. The number of fused-ring (bicyclic) bond motifs is 1. The second-order valence-electron chi connectivity index (χ2n) is 5.00. The third kappa shape index (κ3) is 1.64. The Morgan fingerprint density at radius 2 is 2.21 bits per heavy atom. The molecule has 8 nitrogen and oxygen atoms in total. The number of aliphatic hydroxyl groups is 1. The van der Waals surface area contributed by atoms with Crippen LogP contribution in [0.5, 0.6) is 0 Å². The molecule has 0 saturated carbocycles. The quantitative estimate of drug-likeness (QED) is 0.655. The Bertz CT molecular complexity index is 641. The Morgan fingerprint density at radius 3 is 2.84 bits per heavy atom. The molecule has 0 spiro atoms. The molecule has 3 unspecified atom stereocenters. The summed E-state index contributed by atoms with van der Waals surface area (Å²) in [5.74, 6) is -1.33. The van der Waals surface area contributed by atoms with Gasteiger partial charge in [0.2, 0.25) is 11.7 Å². The van der Waals surface area contributed by atoms with Gasteiger partial charge in [0.05, 0.1) is 12.3 Å². The van der Waals surface area contributed by atoms with Crippen LogP contribution in [0, 0.1) is 5.92 Å². The molecule has 3 heterocycles. The first kappa shape index (κ1) is 12.1. The van der Waals surface area contributed by atoms with E-state index < -0.39 is 5.79 Å². The Balaban J connectivity index is 2.21. The molecule has 19 heavy (non-hydrogen) atoms. The number of hydrogen-bond acceptors (Lipinski definition) is 7. The first-order chi connectivity index (χ1) is 8.91. The standard InChI is InChI=1S/C11H16N6O2/c1-5-3-6(2)19-11(5,18)7-4-14-9-8(12)15-10(13)16-17(7)9/h4-6,18H,3H2,1-2H3,(H4,12,13,15,16). The van der Waals surface area contributed by atoms with Crippen molar-refractivity contribution in [2.24, 2.45) is 5.92 Å². The number of nitrogen functional groups attached to an aromatic ring is 2. The first-order valence-corrected chi connectivity index (χ1v) is 6.09. The van der Waals surface area contributed by atoms with E-state index >= 15 is 0 Å². The molecule has 5 N–H and O–H groups in total. The fourth-order valence-electron chi connectivity index (χ4n) is 2.61. The van der Waals surface area contributed by atoms with Gasteiger partial charge in [-0.3, -0.25) is 0 Å². The summed E-state index contributed by atoms with van der Waals surface area (Å²) >= 11 is 0. The highest BCUT2D eigenvalue weighted by molar-refractivity contribution is 5.60. The van der Waals surface area contributed by atoms with Gasteiger partial charge in [-0.15, -0.1) is 5.10 Å². The van der Waals surface area contributed by atoms with Gasteiger partial charge in [0, 0.05) is 5.92 Å². The van der Waals surface area contributed by atoms with E-state index in [0.29, 0.717) is 11.3 Å². The van der Waals surface area contributed by atoms with E-state index in [1.54, 1.807) is 0 Å². The van der Waals surface area contributed by atoms with Crippen molar-refractivity contribution >= 4 is 17.4 Å². The number of imidazole rings is 1. The van der Waals surface area contributed by atoms with Crippen LogP contribution < -0.4 is 11.5 Å². The Morgan fingerprint density at radius 1 is 1.47 bits per heavy atom. The zero-order valence-electron chi connectivity index (χ0n) is 10.7. The molecule has 3 rings (SSSR count). The molecule has 1 saturated heterocycles. The van der Waals surface area contributed by atoms with Crippen molar-refractivity contribution in [1.82, 2.24) is 19.6 Å². The zero-order chi connectivity index (χ0) is 13.8. The maximum absolute atomic E-state index is 10.7. The van der Waals surface area contributed by atoms with Crippen molar-refractivity contribution < 1.29 is 9.84 Å². The zero-order valence-corrected chi connectivity index (χ0v) is 10.7. The van der Waals surface area contributed by atoms with Crippen molar-refractivity contribution in [1.29, 1.82) is 0 Å². The van der Waals surface area contributed by atoms with Crippen molar-refractivity contribution in [3.8, 4) is 0 Å². The molecular weight excluding hydrogens is 248 g/mol. The summed E-state index contributed by atoms with van der Waals surface area (Å²) < 4.78 is 7.04. The molecule has 0 aliphatic carbocycles. The lowest BCUT2D eigenvalue weighted by atomic mass is 9.96. The van der Waals surface area contributed by atoms with Crippen molar-refractivity contribution in [2.75, 3.05) is 11.5 Å². The third-order valence-corrected chi connectivity index (χ3v) is 3.51. The molecule has 8 heteroatoms. The number of nitrogens with zero attached hydrogens (tertiary/aromatic N) is 4. The van der Waals surface area contributed by atoms with E-state index in [1.807, 2.05) is 13.8 Å². The van der Waals surface area contributed by atoms with Crippen molar-refractivity contribution in [3.63, 3.8) is 0 Å². The SMILES string of the molecule is CC1CC(C)C(O)(c2cnc3c(N)nc(N)nn23)O1. The molecule has 1 aliphatic rings. The van der Waals surface area contributed by atoms with E-state index in [0.717, 1.165) is 6.42 Å². The number of nitrogens with two attached hydrogens (primary N) is 2. The minimum atomic E-state index is -1.44. The van der Waals surface area contributed by atoms with E-state index in [2.05, 4.69) is 15.1 Å². The topological polar surface area (TPSA) is 125 Å². The lowest BCUT2D eigenvalue weighted by molar-refractivity contribution is -0.219. The van der Waals surface area contributed by atoms with Crippen LogP contribution in [0.25, 0.3) is 5.65 Å². The summed E-state index contributed by atoms with van der Waals surface area (Å²) in [6.45, 7) is 3.83. The average Bonchev–Trinajstić information content (AvgIpc) is 2.82. The predicted molar refractivity (Wildman–Crippen MR) is 67.8 cm³/mol. The van der Waals surface area contributed by atoms with Gasteiger partial charge in [-0.1, -0.05) is 6.92 Å². The summed E-state index contributed by atoms with van der Waals surface area (Å²) in [4.78, 5) is 7.96. The van der Waals surface area contributed by atoms with E-state index in [-0.39, 0.29) is 23.8 Å². The van der Waals surface area contributed by atoms with Crippen molar-refractivity contribution in [2.45, 2.75) is 32.2 Å². The molecule has 2 aromatic heterocycles. The fourth-order valence-corrected chi connectivity index (χ4v) is 2.61. The van der Waals surface area contributed by atoms with Crippen molar-refractivity contribution in [3.05, 3.63) is 11.9 Å². The largest absolute Gasteiger partial charge is 0.380 e. The van der Waals surface area contributed by atoms with Gasteiger partial charge >= 0.3 is 0 Å². The fraction of sp³-hybridized carbons (Fsp3) is 0.545. The van der Waals surface area contributed by atoms with Crippen LogP contribution in [0.15, 0.2) is 6.20 Å². The first-order valence-electron chi connectivity index (χ1n) is 6.09. The number of aromatic nitrogens is 4. The van der Waals surface area contributed by atoms with Crippen LogP contribution in [-0.2, 0) is 10.5 Å². The summed E-state index contributed by atoms with van der Waals surface area (Å²) in [5.41, 5.74) is 12.1. The van der Waals surface area contributed by atoms with Crippen LogP contribution >= 0.6 is 0 Å². The molecule has 1 fully saturated rings. The van der Waals surface area contributed by atoms with Crippen LogP contribution in [0.4, 0.5) is 11.8 Å². The highest BCUT2D eigenvalue weighted by Gasteiger charge is 2.47. The molecule has 3 atom stereocenters. The maximum atomic E-state index is 10.7. The van der Waals surface area contributed by atoms with Gasteiger partial charge in [-0.25, -0.2) is 9.50 Å². The number of anilines is 2. The Hall–Kier alpha value is -1.93. The molecular formula is C11H16N6O2. The molecule has 0 aromatic carbocycles. The Labute approximate surface area is 109 Å². The lowest BCUT2D eigenvalue weighted by Gasteiger charge is -2.25. The molecule has 102 valence electrons. The van der Waals surface area contributed by atoms with Crippen LogP contribution in [0.2, 0.25) is 0 Å². The van der Waals surface area contributed by atoms with Gasteiger partial charge in [0.25, 0.3) is 0 Å².